The minimum Gasteiger partial charge on any atom is -0.385 e. The van der Waals surface area contributed by atoms with E-state index in [0.717, 1.165) is 24.1 Å². The molecule has 1 N–H and O–H groups in total. The highest BCUT2D eigenvalue weighted by Gasteiger charge is 2.44. The quantitative estimate of drug-likeness (QED) is 0.825. The first-order valence-corrected chi connectivity index (χ1v) is 6.96. The van der Waals surface area contributed by atoms with Crippen LogP contribution in [0.1, 0.15) is 43.4 Å². The first kappa shape index (κ1) is 12.1. The molecule has 3 rings (SSSR count). The molecule has 2 aliphatic heterocycles. The molecule has 98 valence electrons. The summed E-state index contributed by atoms with van der Waals surface area (Å²) in [5.74, 6) is 0. The second-order valence-corrected chi connectivity index (χ2v) is 6.03. The second kappa shape index (κ2) is 4.32. The predicted molar refractivity (Wildman–Crippen MR) is 71.3 cm³/mol. The minimum atomic E-state index is -0.664. The van der Waals surface area contributed by atoms with Crippen LogP contribution >= 0.6 is 0 Å². The number of rotatable bonds is 1. The normalized spacial score (nSPS) is 36.6. The molecule has 2 unspecified atom stereocenters. The number of nitrogens with zero attached hydrogens (tertiary/aromatic N) is 2. The fourth-order valence-electron chi connectivity index (χ4n) is 3.63. The molecule has 0 aliphatic carbocycles. The van der Waals surface area contributed by atoms with E-state index in [0.29, 0.717) is 12.1 Å². The van der Waals surface area contributed by atoms with Crippen molar-refractivity contribution >= 4 is 0 Å². The first-order valence-electron chi connectivity index (χ1n) is 6.96. The Bertz CT molecular complexity index is 415. The lowest BCUT2D eigenvalue weighted by atomic mass is 9.73. The van der Waals surface area contributed by atoms with E-state index in [1.54, 1.807) is 0 Å². The van der Waals surface area contributed by atoms with E-state index in [9.17, 15) is 5.11 Å². The van der Waals surface area contributed by atoms with E-state index in [-0.39, 0.29) is 0 Å². The Kier molecular flexibility index (Phi) is 2.91. The van der Waals surface area contributed by atoms with Crippen LogP contribution in [0.2, 0.25) is 0 Å². The average Bonchev–Trinajstić information content (AvgIpc) is 2.32. The summed E-state index contributed by atoms with van der Waals surface area (Å²) in [6.45, 7) is 1.98. The van der Waals surface area contributed by atoms with Crippen molar-refractivity contribution in [3.8, 4) is 0 Å². The number of aliphatic hydroxyl groups is 1. The van der Waals surface area contributed by atoms with Crippen LogP contribution < -0.4 is 0 Å². The summed E-state index contributed by atoms with van der Waals surface area (Å²) >= 11 is 0. The van der Waals surface area contributed by atoms with E-state index in [1.165, 1.54) is 19.3 Å². The van der Waals surface area contributed by atoms with Crippen molar-refractivity contribution in [3.05, 3.63) is 29.6 Å². The lowest BCUT2D eigenvalue weighted by Crippen LogP contribution is -2.55. The molecule has 2 aliphatic rings. The Morgan fingerprint density at radius 1 is 1.28 bits per heavy atom. The van der Waals surface area contributed by atoms with E-state index in [4.69, 9.17) is 0 Å². The van der Waals surface area contributed by atoms with Crippen molar-refractivity contribution in [2.24, 2.45) is 0 Å². The van der Waals surface area contributed by atoms with Gasteiger partial charge in [0.25, 0.3) is 0 Å². The van der Waals surface area contributed by atoms with Crippen LogP contribution in [-0.4, -0.2) is 34.1 Å². The van der Waals surface area contributed by atoms with Gasteiger partial charge in [-0.05, 0) is 45.7 Å². The van der Waals surface area contributed by atoms with Crippen LogP contribution in [0.3, 0.4) is 0 Å². The van der Waals surface area contributed by atoms with Crippen molar-refractivity contribution < 1.29 is 5.11 Å². The molecule has 1 aromatic rings. The number of piperidine rings is 2. The van der Waals surface area contributed by atoms with Gasteiger partial charge in [-0.3, -0.25) is 4.98 Å². The van der Waals surface area contributed by atoms with Crippen molar-refractivity contribution in [1.82, 2.24) is 9.88 Å². The molecular weight excluding hydrogens is 224 g/mol. The number of hydrogen-bond donors (Lipinski definition) is 1. The summed E-state index contributed by atoms with van der Waals surface area (Å²) in [4.78, 5) is 6.81. The highest BCUT2D eigenvalue weighted by Crippen LogP contribution is 2.43. The molecule has 2 fully saturated rings. The Hall–Kier alpha value is -0.930. The molecule has 3 nitrogen and oxygen atoms in total. The van der Waals surface area contributed by atoms with Gasteiger partial charge < -0.3 is 10.0 Å². The maximum absolute atomic E-state index is 11.0. The predicted octanol–water partition coefficient (Wildman–Crippen LogP) is 2.22. The van der Waals surface area contributed by atoms with Gasteiger partial charge in [0, 0.05) is 29.5 Å². The first-order chi connectivity index (χ1) is 8.58. The molecule has 3 heterocycles. The van der Waals surface area contributed by atoms with Gasteiger partial charge in [0.1, 0.15) is 0 Å². The summed E-state index contributed by atoms with van der Waals surface area (Å²) in [5.41, 5.74) is 1.34. The molecular formula is C15H22N2O. The lowest BCUT2D eigenvalue weighted by molar-refractivity contribution is -0.0876. The molecule has 2 saturated heterocycles. The van der Waals surface area contributed by atoms with Gasteiger partial charge in [0.15, 0.2) is 0 Å². The van der Waals surface area contributed by atoms with E-state index in [1.807, 2.05) is 25.3 Å². The van der Waals surface area contributed by atoms with Crippen molar-refractivity contribution in [3.63, 3.8) is 0 Å². The summed E-state index contributed by atoms with van der Waals surface area (Å²) in [6, 6.07) is 5.11. The van der Waals surface area contributed by atoms with Gasteiger partial charge >= 0.3 is 0 Å². The molecule has 0 radical (unpaired) electrons. The monoisotopic (exact) mass is 246 g/mol. The Labute approximate surface area is 109 Å². The fraction of sp³-hybridized carbons (Fsp3) is 0.667. The zero-order valence-corrected chi connectivity index (χ0v) is 11.3. The van der Waals surface area contributed by atoms with Crippen LogP contribution in [0.4, 0.5) is 0 Å². The number of aryl methyl sites for hydroxylation is 1. The summed E-state index contributed by atoms with van der Waals surface area (Å²) < 4.78 is 0. The molecule has 1 aromatic heterocycles. The van der Waals surface area contributed by atoms with Crippen molar-refractivity contribution in [1.29, 1.82) is 0 Å². The highest BCUT2D eigenvalue weighted by molar-refractivity contribution is 5.23. The molecule has 2 atom stereocenters. The van der Waals surface area contributed by atoms with Crippen LogP contribution in [0.5, 0.6) is 0 Å². The third kappa shape index (κ3) is 1.95. The van der Waals surface area contributed by atoms with Crippen LogP contribution in [0.15, 0.2) is 18.3 Å². The molecule has 0 spiro atoms. The number of hydrogen-bond acceptors (Lipinski definition) is 3. The molecule has 0 saturated carbocycles. The number of fused-ring (bicyclic) bond motifs is 2. The highest BCUT2D eigenvalue weighted by atomic mass is 16.3. The maximum Gasteiger partial charge on any atom is 0.0941 e. The fourth-order valence-corrected chi connectivity index (χ4v) is 3.63. The van der Waals surface area contributed by atoms with E-state index in [2.05, 4.69) is 16.9 Å². The smallest absolute Gasteiger partial charge is 0.0941 e. The Morgan fingerprint density at radius 2 is 1.94 bits per heavy atom. The number of aromatic nitrogens is 1. The second-order valence-electron chi connectivity index (χ2n) is 6.03. The van der Waals surface area contributed by atoms with Crippen LogP contribution in [0.25, 0.3) is 0 Å². The van der Waals surface area contributed by atoms with Gasteiger partial charge in [-0.1, -0.05) is 12.5 Å². The van der Waals surface area contributed by atoms with Crippen molar-refractivity contribution in [2.45, 2.75) is 56.7 Å². The molecule has 0 aromatic carbocycles. The largest absolute Gasteiger partial charge is 0.385 e. The molecule has 2 bridgehead atoms. The van der Waals surface area contributed by atoms with E-state index >= 15 is 0 Å². The molecule has 3 heteroatoms. The topological polar surface area (TPSA) is 36.4 Å². The van der Waals surface area contributed by atoms with Gasteiger partial charge in [-0.15, -0.1) is 0 Å². The number of pyridine rings is 1. The van der Waals surface area contributed by atoms with Gasteiger partial charge in [-0.25, -0.2) is 0 Å². The summed E-state index contributed by atoms with van der Waals surface area (Å²) in [6.07, 6.45) is 7.30. The standard InChI is InChI=1S/C15H22N2O/c1-11-6-7-12(10-16-11)15(18)8-13-4-3-5-14(9-15)17(13)2/h6-7,10,13-14,18H,3-5,8-9H2,1-2H3. The molecule has 0 amide bonds. The molecule has 18 heavy (non-hydrogen) atoms. The summed E-state index contributed by atoms with van der Waals surface area (Å²) in [5, 5.41) is 11.0. The van der Waals surface area contributed by atoms with Gasteiger partial charge in [-0.2, -0.15) is 0 Å². The zero-order valence-electron chi connectivity index (χ0n) is 11.3. The Morgan fingerprint density at radius 3 is 2.50 bits per heavy atom. The third-order valence-corrected chi connectivity index (χ3v) is 4.82. The minimum absolute atomic E-state index is 0.531. The average molecular weight is 246 g/mol. The maximum atomic E-state index is 11.0. The van der Waals surface area contributed by atoms with Crippen LogP contribution in [-0.2, 0) is 5.60 Å². The van der Waals surface area contributed by atoms with Gasteiger partial charge in [0.2, 0.25) is 0 Å². The van der Waals surface area contributed by atoms with Gasteiger partial charge in [0.05, 0.1) is 5.60 Å². The SMILES string of the molecule is Cc1ccc(C2(O)CC3CCCC(C2)N3C)cn1. The summed E-state index contributed by atoms with van der Waals surface area (Å²) in [7, 11) is 2.21. The van der Waals surface area contributed by atoms with E-state index < -0.39 is 5.60 Å². The third-order valence-electron chi connectivity index (χ3n) is 4.82. The van der Waals surface area contributed by atoms with Crippen molar-refractivity contribution in [2.75, 3.05) is 7.05 Å². The lowest BCUT2D eigenvalue weighted by Gasteiger charge is -2.50. The zero-order chi connectivity index (χ0) is 12.8. The van der Waals surface area contributed by atoms with Crippen LogP contribution in [0, 0.1) is 6.92 Å². The Balaban J connectivity index is 1.89.